The molecule has 1 saturated heterocycles. The van der Waals surface area contributed by atoms with Crippen LogP contribution >= 0.6 is 11.6 Å². The lowest BCUT2D eigenvalue weighted by Gasteiger charge is -2.36. The van der Waals surface area contributed by atoms with Gasteiger partial charge < -0.3 is 19.7 Å². The minimum atomic E-state index is -0.830. The molecule has 218 valence electrons. The van der Waals surface area contributed by atoms with Gasteiger partial charge in [0.15, 0.2) is 6.23 Å². The summed E-state index contributed by atoms with van der Waals surface area (Å²) in [7, 11) is 1.19. The molecule has 3 heterocycles. The van der Waals surface area contributed by atoms with Crippen molar-refractivity contribution in [3.05, 3.63) is 106 Å². The number of imide groups is 1. The number of aromatic nitrogens is 4. The second kappa shape index (κ2) is 12.0. The predicted molar refractivity (Wildman–Crippen MR) is 156 cm³/mol. The first-order valence-corrected chi connectivity index (χ1v) is 13.8. The summed E-state index contributed by atoms with van der Waals surface area (Å²) >= 11 is 6.25. The molecular formula is C30H26ClN7O5. The van der Waals surface area contributed by atoms with Crippen LogP contribution in [0.3, 0.4) is 0 Å². The van der Waals surface area contributed by atoms with Gasteiger partial charge in [-0.25, -0.2) is 4.79 Å². The second-order valence-corrected chi connectivity index (χ2v) is 10.3. The lowest BCUT2D eigenvalue weighted by Crippen LogP contribution is -2.42. The number of rotatable bonds is 7. The Morgan fingerprint density at radius 1 is 1.09 bits per heavy atom. The minimum absolute atomic E-state index is 0.169. The molecule has 12 nitrogen and oxygen atoms in total. The highest BCUT2D eigenvalue weighted by molar-refractivity contribution is 6.30. The molecular weight excluding hydrogens is 574 g/mol. The molecule has 3 atom stereocenters. The fourth-order valence-electron chi connectivity index (χ4n) is 5.17. The highest BCUT2D eigenvalue weighted by atomic mass is 35.5. The van der Waals surface area contributed by atoms with Gasteiger partial charge in [-0.05, 0) is 76.5 Å². The maximum absolute atomic E-state index is 13.7. The zero-order valence-electron chi connectivity index (χ0n) is 22.9. The average molecular weight is 600 g/mol. The van der Waals surface area contributed by atoms with Gasteiger partial charge in [-0.1, -0.05) is 35.9 Å². The summed E-state index contributed by atoms with van der Waals surface area (Å²) in [4.78, 5) is 39.0. The summed E-state index contributed by atoms with van der Waals surface area (Å²) in [5.74, 6) is -0.736. The maximum Gasteiger partial charge on any atom is 0.413 e. The Bertz CT molecular complexity index is 1690. The van der Waals surface area contributed by atoms with Crippen LogP contribution in [0.2, 0.25) is 5.02 Å². The number of carbonyl (C=O) groups excluding carboxylic acids is 3. The van der Waals surface area contributed by atoms with Crippen molar-refractivity contribution >= 4 is 41.3 Å². The molecule has 4 aromatic rings. The van der Waals surface area contributed by atoms with Crippen molar-refractivity contribution in [1.29, 1.82) is 0 Å². The predicted octanol–water partition coefficient (Wildman–Crippen LogP) is 3.79. The first-order chi connectivity index (χ1) is 20.9. The minimum Gasteiger partial charge on any atom is -0.453 e. The van der Waals surface area contributed by atoms with E-state index < -0.39 is 12.0 Å². The standard InChI is InChI=1S/C30H26ClN7O5/c1-42-30(41)34-28(40)19-6-10-22(11-7-19)33-29-27(43-29)26-23-5-3-2-4-18(23)14-15-37(26)25(39)13-8-20-16-21(31)9-12-24(20)38-17-32-35-36-38/h2-13,16-17,26-27,29,33H,14-15H2,1H3,(H,34,40,41)/b13-8+/t26-,27?,29?/m1/s1. The summed E-state index contributed by atoms with van der Waals surface area (Å²) < 4.78 is 12.0. The van der Waals surface area contributed by atoms with Gasteiger partial charge in [-0.2, -0.15) is 4.68 Å². The van der Waals surface area contributed by atoms with Crippen molar-refractivity contribution in [3.63, 3.8) is 0 Å². The van der Waals surface area contributed by atoms with E-state index in [4.69, 9.17) is 16.3 Å². The molecule has 0 spiro atoms. The molecule has 2 unspecified atom stereocenters. The molecule has 0 radical (unpaired) electrons. The number of hydrogen-bond acceptors (Lipinski definition) is 9. The van der Waals surface area contributed by atoms with Crippen molar-refractivity contribution in [3.8, 4) is 5.69 Å². The molecule has 1 aromatic heterocycles. The molecule has 2 N–H and O–H groups in total. The molecule has 3 amide bonds. The molecule has 43 heavy (non-hydrogen) atoms. The number of hydrogen-bond donors (Lipinski definition) is 2. The zero-order valence-corrected chi connectivity index (χ0v) is 23.6. The van der Waals surface area contributed by atoms with Crippen LogP contribution in [0.15, 0.2) is 79.1 Å². The lowest BCUT2D eigenvalue weighted by atomic mass is 9.90. The first kappa shape index (κ1) is 28.1. The quantitative estimate of drug-likeness (QED) is 0.239. The number of ether oxygens (including phenoxy) is 2. The molecule has 3 aromatic carbocycles. The van der Waals surface area contributed by atoms with Crippen LogP contribution in [0.1, 0.15) is 33.1 Å². The smallest absolute Gasteiger partial charge is 0.413 e. The number of anilines is 1. The Balaban J connectivity index is 1.19. The Hall–Kier alpha value is -5.07. The number of benzene rings is 3. The molecule has 0 bridgehead atoms. The lowest BCUT2D eigenvalue weighted by molar-refractivity contribution is -0.129. The van der Waals surface area contributed by atoms with E-state index in [9.17, 15) is 14.4 Å². The second-order valence-electron chi connectivity index (χ2n) is 9.90. The van der Waals surface area contributed by atoms with Gasteiger partial charge in [0.2, 0.25) is 5.91 Å². The number of nitrogens with one attached hydrogen (secondary N) is 2. The maximum atomic E-state index is 13.7. The fourth-order valence-corrected chi connectivity index (χ4v) is 5.35. The Morgan fingerprint density at radius 3 is 2.67 bits per heavy atom. The Labute approximate surface area is 251 Å². The highest BCUT2D eigenvalue weighted by Gasteiger charge is 2.50. The number of fused-ring (bicyclic) bond motifs is 1. The van der Waals surface area contributed by atoms with E-state index in [0.717, 1.165) is 17.7 Å². The molecule has 6 rings (SSSR count). The number of epoxide rings is 1. The third-order valence-corrected chi connectivity index (χ3v) is 7.53. The number of alkyl carbamates (subject to hydrolysis) is 1. The van der Waals surface area contributed by atoms with Crippen LogP contribution in [0.5, 0.6) is 0 Å². The summed E-state index contributed by atoms with van der Waals surface area (Å²) in [5.41, 5.74) is 4.61. The van der Waals surface area contributed by atoms with E-state index in [1.807, 2.05) is 23.1 Å². The van der Waals surface area contributed by atoms with E-state index in [0.29, 0.717) is 28.4 Å². The van der Waals surface area contributed by atoms with Gasteiger partial charge >= 0.3 is 6.09 Å². The number of methoxy groups -OCH3 is 1. The van der Waals surface area contributed by atoms with E-state index in [2.05, 4.69) is 37.0 Å². The zero-order chi connectivity index (χ0) is 29.9. The van der Waals surface area contributed by atoms with Gasteiger partial charge in [0.1, 0.15) is 12.4 Å². The van der Waals surface area contributed by atoms with Gasteiger partial charge in [-0.15, -0.1) is 5.10 Å². The van der Waals surface area contributed by atoms with E-state index in [1.165, 1.54) is 29.8 Å². The monoisotopic (exact) mass is 599 g/mol. The van der Waals surface area contributed by atoms with E-state index in [-0.39, 0.29) is 24.3 Å². The van der Waals surface area contributed by atoms with E-state index >= 15 is 0 Å². The van der Waals surface area contributed by atoms with Gasteiger partial charge in [0.25, 0.3) is 5.91 Å². The number of tetrazole rings is 1. The van der Waals surface area contributed by atoms with Crippen LogP contribution in [-0.2, 0) is 20.7 Å². The Kier molecular flexibility index (Phi) is 7.86. The number of carbonyl (C=O) groups is 3. The number of amides is 3. The van der Waals surface area contributed by atoms with Crippen molar-refractivity contribution in [2.24, 2.45) is 0 Å². The van der Waals surface area contributed by atoms with Crippen LogP contribution in [0.25, 0.3) is 11.8 Å². The number of halogens is 1. The SMILES string of the molecule is COC(=O)NC(=O)c1ccc(NC2OC2[C@H]2c3ccccc3CCN2C(=O)/C=C/c2cc(Cl)ccc2-n2cnnn2)cc1. The third-order valence-electron chi connectivity index (χ3n) is 7.30. The molecule has 13 heteroatoms. The first-order valence-electron chi connectivity index (χ1n) is 13.4. The van der Waals surface area contributed by atoms with Crippen molar-refractivity contribution in [2.75, 3.05) is 19.0 Å². The molecule has 1 fully saturated rings. The van der Waals surface area contributed by atoms with Gasteiger partial charge in [0, 0.05) is 34.5 Å². The summed E-state index contributed by atoms with van der Waals surface area (Å²) in [6, 6.07) is 19.6. The number of nitrogens with zero attached hydrogens (tertiary/aromatic N) is 5. The fraction of sp³-hybridized carbons (Fsp3) is 0.200. The summed E-state index contributed by atoms with van der Waals surface area (Å²) in [6.45, 7) is 0.525. The van der Waals surface area contributed by atoms with E-state index in [1.54, 1.807) is 48.5 Å². The Morgan fingerprint density at radius 2 is 1.91 bits per heavy atom. The molecule has 0 aliphatic carbocycles. The van der Waals surface area contributed by atoms with Crippen LogP contribution in [0, 0.1) is 0 Å². The third kappa shape index (κ3) is 6.10. The van der Waals surface area contributed by atoms with Crippen LogP contribution in [0.4, 0.5) is 10.5 Å². The van der Waals surface area contributed by atoms with Crippen LogP contribution < -0.4 is 10.6 Å². The largest absolute Gasteiger partial charge is 0.453 e. The molecule has 0 saturated carbocycles. The highest BCUT2D eigenvalue weighted by Crippen LogP contribution is 2.42. The van der Waals surface area contributed by atoms with Gasteiger partial charge in [-0.3, -0.25) is 14.9 Å². The van der Waals surface area contributed by atoms with Crippen molar-refractivity contribution in [1.82, 2.24) is 30.4 Å². The summed E-state index contributed by atoms with van der Waals surface area (Å²) in [6.07, 6.45) is 3.95. The normalized spacial score (nSPS) is 19.0. The van der Waals surface area contributed by atoms with Crippen molar-refractivity contribution < 1.29 is 23.9 Å². The topological polar surface area (TPSA) is 144 Å². The average Bonchev–Trinajstić information content (AvgIpc) is 3.55. The van der Waals surface area contributed by atoms with Gasteiger partial charge in [0.05, 0.1) is 18.8 Å². The summed E-state index contributed by atoms with van der Waals surface area (Å²) in [5, 5.41) is 17.3. The molecule has 2 aliphatic rings. The van der Waals surface area contributed by atoms with Crippen molar-refractivity contribution in [2.45, 2.75) is 24.8 Å². The van der Waals surface area contributed by atoms with Crippen LogP contribution in [-0.4, -0.2) is 69.0 Å². The molecule has 2 aliphatic heterocycles.